The third kappa shape index (κ3) is 9.98. The summed E-state index contributed by atoms with van der Waals surface area (Å²) in [5.41, 5.74) is 5.44. The number of ether oxygens (including phenoxy) is 1. The molecule has 3 nitrogen and oxygen atoms in total. The zero-order chi connectivity index (χ0) is 16.8. The summed E-state index contributed by atoms with van der Waals surface area (Å²) >= 11 is 0. The van der Waals surface area contributed by atoms with Crippen LogP contribution in [0.2, 0.25) is 0 Å². The minimum atomic E-state index is -0.508. The first-order valence-corrected chi connectivity index (χ1v) is 9.25. The highest BCUT2D eigenvalue weighted by Gasteiger charge is 2.16. The summed E-state index contributed by atoms with van der Waals surface area (Å²) in [7, 11) is 0. The number of benzene rings is 1. The zero-order valence-electron chi connectivity index (χ0n) is 14.6. The van der Waals surface area contributed by atoms with E-state index in [1.54, 1.807) is 0 Å². The van der Waals surface area contributed by atoms with Crippen molar-refractivity contribution in [3.63, 3.8) is 0 Å². The first kappa shape index (κ1) is 19.5. The molecular formula is C20H33NO2. The molecule has 0 radical (unpaired) electrons. The minimum absolute atomic E-state index is 0.371. The summed E-state index contributed by atoms with van der Waals surface area (Å²) < 4.78 is 5.68. The molecule has 1 rings (SSSR count). The fourth-order valence-electron chi connectivity index (χ4n) is 2.74. The molecule has 0 saturated carbocycles. The molecule has 1 aromatic carbocycles. The van der Waals surface area contributed by atoms with Crippen molar-refractivity contribution in [2.75, 3.05) is 0 Å². The van der Waals surface area contributed by atoms with Gasteiger partial charge in [-0.1, -0.05) is 82.9 Å². The molecule has 2 N–H and O–H groups in total. The molecule has 0 saturated heterocycles. The third-order valence-electron chi connectivity index (χ3n) is 4.16. The highest BCUT2D eigenvalue weighted by molar-refractivity contribution is 5.79. The summed E-state index contributed by atoms with van der Waals surface area (Å²) in [4.78, 5) is 11.5. The maximum absolute atomic E-state index is 11.5. The SMILES string of the molecule is CCCCCCCCCCCCC(Oc1ccccc1)C(N)=O. The second-order valence-corrected chi connectivity index (χ2v) is 6.29. The van der Waals surface area contributed by atoms with Gasteiger partial charge < -0.3 is 10.5 Å². The van der Waals surface area contributed by atoms with Crippen molar-refractivity contribution in [3.05, 3.63) is 30.3 Å². The summed E-state index contributed by atoms with van der Waals surface area (Å²) in [6.07, 6.45) is 13.0. The van der Waals surface area contributed by atoms with Crippen LogP contribution in [-0.2, 0) is 4.79 Å². The number of rotatable bonds is 14. The molecule has 1 atom stereocenters. The van der Waals surface area contributed by atoms with Gasteiger partial charge in [0.25, 0.3) is 5.91 Å². The molecule has 0 fully saturated rings. The lowest BCUT2D eigenvalue weighted by molar-refractivity contribution is -0.125. The molecule has 0 aliphatic carbocycles. The molecule has 0 bridgehead atoms. The van der Waals surface area contributed by atoms with Crippen LogP contribution in [0.3, 0.4) is 0 Å². The Kier molecular flexibility index (Phi) is 11.0. The van der Waals surface area contributed by atoms with E-state index in [0.717, 1.165) is 12.8 Å². The average Bonchev–Trinajstić information content (AvgIpc) is 2.56. The van der Waals surface area contributed by atoms with E-state index in [0.29, 0.717) is 12.2 Å². The molecule has 0 heterocycles. The molecule has 0 aliphatic rings. The fraction of sp³-hybridized carbons (Fsp3) is 0.650. The van der Waals surface area contributed by atoms with Gasteiger partial charge in [0.2, 0.25) is 0 Å². The number of carbonyl (C=O) groups is 1. The maximum Gasteiger partial charge on any atom is 0.258 e. The van der Waals surface area contributed by atoms with Gasteiger partial charge in [-0.2, -0.15) is 0 Å². The Labute approximate surface area is 141 Å². The van der Waals surface area contributed by atoms with E-state index in [1.165, 1.54) is 51.4 Å². The van der Waals surface area contributed by atoms with Crippen molar-refractivity contribution in [2.45, 2.75) is 83.7 Å². The maximum atomic E-state index is 11.5. The molecular weight excluding hydrogens is 286 g/mol. The Bertz CT molecular complexity index is 405. The third-order valence-corrected chi connectivity index (χ3v) is 4.16. The Morgan fingerprint density at radius 1 is 0.913 bits per heavy atom. The number of amides is 1. The van der Waals surface area contributed by atoms with Gasteiger partial charge in [0, 0.05) is 0 Å². The molecule has 130 valence electrons. The Morgan fingerprint density at radius 3 is 1.96 bits per heavy atom. The Morgan fingerprint density at radius 2 is 1.43 bits per heavy atom. The van der Waals surface area contributed by atoms with Crippen molar-refractivity contribution in [3.8, 4) is 5.75 Å². The number of hydrogen-bond donors (Lipinski definition) is 1. The van der Waals surface area contributed by atoms with Crippen molar-refractivity contribution in [1.82, 2.24) is 0 Å². The molecule has 1 aromatic rings. The predicted molar refractivity (Wildman–Crippen MR) is 96.5 cm³/mol. The number of nitrogens with two attached hydrogens (primary N) is 1. The lowest BCUT2D eigenvalue weighted by Crippen LogP contribution is -2.33. The summed E-state index contributed by atoms with van der Waals surface area (Å²) in [6, 6.07) is 9.43. The van der Waals surface area contributed by atoms with E-state index in [1.807, 2.05) is 30.3 Å². The number of hydrogen-bond acceptors (Lipinski definition) is 2. The normalized spacial score (nSPS) is 12.0. The Hall–Kier alpha value is -1.51. The van der Waals surface area contributed by atoms with Gasteiger partial charge in [-0.05, 0) is 25.0 Å². The van der Waals surface area contributed by atoms with E-state index in [-0.39, 0.29) is 5.91 Å². The van der Waals surface area contributed by atoms with E-state index in [2.05, 4.69) is 6.92 Å². The van der Waals surface area contributed by atoms with Gasteiger partial charge in [-0.25, -0.2) is 0 Å². The molecule has 3 heteroatoms. The van der Waals surface area contributed by atoms with Crippen molar-refractivity contribution < 1.29 is 9.53 Å². The van der Waals surface area contributed by atoms with Crippen molar-refractivity contribution in [2.24, 2.45) is 5.73 Å². The highest BCUT2D eigenvalue weighted by Crippen LogP contribution is 2.16. The second-order valence-electron chi connectivity index (χ2n) is 6.29. The van der Waals surface area contributed by atoms with E-state index < -0.39 is 6.10 Å². The first-order valence-electron chi connectivity index (χ1n) is 9.25. The average molecular weight is 319 g/mol. The number of primary amides is 1. The summed E-state index contributed by atoms with van der Waals surface area (Å²) in [5, 5.41) is 0. The monoisotopic (exact) mass is 319 g/mol. The van der Waals surface area contributed by atoms with Crippen molar-refractivity contribution >= 4 is 5.91 Å². The predicted octanol–water partition coefficient (Wildman–Crippen LogP) is 5.23. The van der Waals surface area contributed by atoms with Gasteiger partial charge in [-0.15, -0.1) is 0 Å². The lowest BCUT2D eigenvalue weighted by atomic mass is 10.0. The van der Waals surface area contributed by atoms with Crippen LogP contribution >= 0.6 is 0 Å². The molecule has 23 heavy (non-hydrogen) atoms. The van der Waals surface area contributed by atoms with Crippen LogP contribution in [0.1, 0.15) is 77.6 Å². The molecule has 1 amide bonds. The van der Waals surface area contributed by atoms with Gasteiger partial charge in [0.05, 0.1) is 0 Å². The second kappa shape index (κ2) is 13.0. The minimum Gasteiger partial charge on any atom is -0.481 e. The van der Waals surface area contributed by atoms with Gasteiger partial charge >= 0.3 is 0 Å². The van der Waals surface area contributed by atoms with Crippen LogP contribution < -0.4 is 10.5 Å². The van der Waals surface area contributed by atoms with Gasteiger partial charge in [-0.3, -0.25) is 4.79 Å². The Balaban J connectivity index is 2.06. The first-order chi connectivity index (χ1) is 11.2. The summed E-state index contributed by atoms with van der Waals surface area (Å²) in [5.74, 6) is 0.341. The zero-order valence-corrected chi connectivity index (χ0v) is 14.6. The number of para-hydroxylation sites is 1. The van der Waals surface area contributed by atoms with Crippen LogP contribution in [-0.4, -0.2) is 12.0 Å². The van der Waals surface area contributed by atoms with E-state index >= 15 is 0 Å². The molecule has 0 spiro atoms. The quantitative estimate of drug-likeness (QED) is 0.477. The van der Waals surface area contributed by atoms with Crippen LogP contribution in [0.5, 0.6) is 5.75 Å². The molecule has 0 aliphatic heterocycles. The largest absolute Gasteiger partial charge is 0.481 e. The molecule has 1 unspecified atom stereocenters. The fourth-order valence-corrected chi connectivity index (χ4v) is 2.74. The van der Waals surface area contributed by atoms with Gasteiger partial charge in [0.1, 0.15) is 5.75 Å². The van der Waals surface area contributed by atoms with Crippen molar-refractivity contribution in [1.29, 1.82) is 0 Å². The lowest BCUT2D eigenvalue weighted by Gasteiger charge is -2.15. The van der Waals surface area contributed by atoms with Crippen LogP contribution in [0, 0.1) is 0 Å². The summed E-state index contributed by atoms with van der Waals surface area (Å²) in [6.45, 7) is 2.25. The smallest absolute Gasteiger partial charge is 0.258 e. The molecule has 0 aromatic heterocycles. The van der Waals surface area contributed by atoms with Crippen LogP contribution in [0.15, 0.2) is 30.3 Å². The standard InChI is InChI=1S/C20H33NO2/c1-2-3-4-5-6-7-8-9-10-14-17-19(20(21)22)23-18-15-12-11-13-16-18/h11-13,15-16,19H,2-10,14,17H2,1H3,(H2,21,22). The van der Waals surface area contributed by atoms with E-state index in [9.17, 15) is 4.79 Å². The topological polar surface area (TPSA) is 52.3 Å². The number of carbonyl (C=O) groups excluding carboxylic acids is 1. The highest BCUT2D eigenvalue weighted by atomic mass is 16.5. The van der Waals surface area contributed by atoms with Crippen LogP contribution in [0.25, 0.3) is 0 Å². The van der Waals surface area contributed by atoms with Gasteiger partial charge in [0.15, 0.2) is 6.10 Å². The number of unbranched alkanes of at least 4 members (excludes halogenated alkanes) is 9. The van der Waals surface area contributed by atoms with E-state index in [4.69, 9.17) is 10.5 Å². The van der Waals surface area contributed by atoms with Crippen LogP contribution in [0.4, 0.5) is 0 Å².